The largest absolute Gasteiger partial charge is 0.484 e. The van der Waals surface area contributed by atoms with Gasteiger partial charge in [-0.25, -0.2) is 0 Å². The predicted octanol–water partition coefficient (Wildman–Crippen LogP) is 4.30. The van der Waals surface area contributed by atoms with Crippen LogP contribution in [0.3, 0.4) is 0 Å². The highest BCUT2D eigenvalue weighted by molar-refractivity contribution is 6.31. The number of hydrogen-bond acceptors (Lipinski definition) is 4. The Morgan fingerprint density at radius 1 is 0.839 bits per heavy atom. The van der Waals surface area contributed by atoms with Crippen molar-refractivity contribution >= 4 is 35.0 Å². The predicted molar refractivity (Wildman–Crippen MR) is 121 cm³/mol. The molecule has 0 atom stereocenters. The Morgan fingerprint density at radius 2 is 1.32 bits per heavy atom. The summed E-state index contributed by atoms with van der Waals surface area (Å²) in [5.74, 6) is 0.840. The van der Waals surface area contributed by atoms with Gasteiger partial charge in [-0.1, -0.05) is 29.3 Å². The molecule has 1 aliphatic carbocycles. The molecule has 6 nitrogen and oxygen atoms in total. The number of carbonyl (C=O) groups is 2. The van der Waals surface area contributed by atoms with Crippen molar-refractivity contribution in [3.05, 3.63) is 58.1 Å². The SMILES string of the molecule is Cc1ccc(OCC(=O)NC2CCC(NC(=O)COc3ccc(Cl)cc3)CC2)cc1Cl. The summed E-state index contributed by atoms with van der Waals surface area (Å²) in [6.45, 7) is 1.81. The maximum absolute atomic E-state index is 12.2. The Morgan fingerprint density at radius 3 is 1.84 bits per heavy atom. The molecule has 1 saturated carbocycles. The van der Waals surface area contributed by atoms with Gasteiger partial charge in [-0.2, -0.15) is 0 Å². The number of benzene rings is 2. The Bertz CT molecular complexity index is 897. The van der Waals surface area contributed by atoms with E-state index in [1.807, 2.05) is 13.0 Å². The first-order chi connectivity index (χ1) is 14.9. The molecule has 0 radical (unpaired) electrons. The minimum atomic E-state index is -0.166. The summed E-state index contributed by atoms with van der Waals surface area (Å²) in [5.41, 5.74) is 0.957. The summed E-state index contributed by atoms with van der Waals surface area (Å²) in [6.07, 6.45) is 3.19. The maximum atomic E-state index is 12.2. The summed E-state index contributed by atoms with van der Waals surface area (Å²) in [6, 6.07) is 12.4. The summed E-state index contributed by atoms with van der Waals surface area (Å²) in [5, 5.41) is 7.21. The van der Waals surface area contributed by atoms with Crippen molar-refractivity contribution in [3.8, 4) is 11.5 Å². The molecule has 166 valence electrons. The second-order valence-corrected chi connectivity index (χ2v) is 8.47. The highest BCUT2D eigenvalue weighted by Gasteiger charge is 2.23. The molecular weight excluding hydrogens is 439 g/mol. The van der Waals surface area contributed by atoms with Crippen LogP contribution in [0.4, 0.5) is 0 Å². The Labute approximate surface area is 192 Å². The molecule has 0 spiro atoms. The van der Waals surface area contributed by atoms with E-state index in [9.17, 15) is 9.59 Å². The van der Waals surface area contributed by atoms with Gasteiger partial charge in [0.15, 0.2) is 13.2 Å². The van der Waals surface area contributed by atoms with Crippen molar-refractivity contribution in [2.45, 2.75) is 44.7 Å². The number of ether oxygens (including phenoxy) is 2. The third kappa shape index (κ3) is 7.64. The minimum absolute atomic E-state index is 0.0430. The van der Waals surface area contributed by atoms with E-state index in [-0.39, 0.29) is 37.1 Å². The molecule has 1 aliphatic rings. The van der Waals surface area contributed by atoms with Crippen LogP contribution in [0.2, 0.25) is 10.0 Å². The number of aryl methyl sites for hydroxylation is 1. The molecule has 31 heavy (non-hydrogen) atoms. The number of hydrogen-bond donors (Lipinski definition) is 2. The van der Waals surface area contributed by atoms with Crippen LogP contribution in [0.5, 0.6) is 11.5 Å². The highest BCUT2D eigenvalue weighted by Crippen LogP contribution is 2.22. The smallest absolute Gasteiger partial charge is 0.258 e. The van der Waals surface area contributed by atoms with E-state index in [0.29, 0.717) is 21.5 Å². The number of rotatable bonds is 8. The zero-order valence-corrected chi connectivity index (χ0v) is 18.8. The van der Waals surface area contributed by atoms with Crippen LogP contribution in [0.1, 0.15) is 31.2 Å². The fourth-order valence-corrected chi connectivity index (χ4v) is 3.71. The average Bonchev–Trinajstić information content (AvgIpc) is 2.75. The number of nitrogens with one attached hydrogen (secondary N) is 2. The van der Waals surface area contributed by atoms with Crippen LogP contribution in [-0.4, -0.2) is 37.1 Å². The van der Waals surface area contributed by atoms with Gasteiger partial charge in [-0.05, 0) is 74.6 Å². The number of carbonyl (C=O) groups excluding carboxylic acids is 2. The monoisotopic (exact) mass is 464 g/mol. The summed E-state index contributed by atoms with van der Waals surface area (Å²) in [7, 11) is 0. The van der Waals surface area contributed by atoms with Gasteiger partial charge in [0.05, 0.1) is 0 Å². The molecule has 2 N–H and O–H groups in total. The van der Waals surface area contributed by atoms with E-state index < -0.39 is 0 Å². The summed E-state index contributed by atoms with van der Waals surface area (Å²) >= 11 is 11.9. The Kier molecular flexibility index (Phi) is 8.43. The lowest BCUT2D eigenvalue weighted by molar-refractivity contribution is -0.125. The van der Waals surface area contributed by atoms with Crippen molar-refractivity contribution in [2.24, 2.45) is 0 Å². The van der Waals surface area contributed by atoms with Gasteiger partial charge in [0, 0.05) is 22.1 Å². The molecule has 8 heteroatoms. The highest BCUT2D eigenvalue weighted by atomic mass is 35.5. The normalized spacial score (nSPS) is 18.2. The molecule has 0 aliphatic heterocycles. The first-order valence-electron chi connectivity index (χ1n) is 10.2. The molecule has 3 rings (SSSR count). The zero-order chi connectivity index (χ0) is 22.2. The Balaban J connectivity index is 1.32. The lowest BCUT2D eigenvalue weighted by Crippen LogP contribution is -2.45. The van der Waals surface area contributed by atoms with E-state index in [2.05, 4.69) is 10.6 Å². The van der Waals surface area contributed by atoms with Crippen LogP contribution in [0, 0.1) is 6.92 Å². The van der Waals surface area contributed by atoms with Crippen molar-refractivity contribution in [1.82, 2.24) is 10.6 Å². The molecule has 2 aromatic rings. The van der Waals surface area contributed by atoms with Gasteiger partial charge in [0.25, 0.3) is 11.8 Å². The second kappa shape index (κ2) is 11.3. The molecule has 0 saturated heterocycles. The van der Waals surface area contributed by atoms with Crippen molar-refractivity contribution in [2.75, 3.05) is 13.2 Å². The lowest BCUT2D eigenvalue weighted by Gasteiger charge is -2.29. The van der Waals surface area contributed by atoms with Crippen LogP contribution >= 0.6 is 23.2 Å². The Hall–Kier alpha value is -2.44. The quantitative estimate of drug-likeness (QED) is 0.610. The van der Waals surface area contributed by atoms with E-state index >= 15 is 0 Å². The topological polar surface area (TPSA) is 76.7 Å². The first kappa shape index (κ1) is 23.2. The van der Waals surface area contributed by atoms with E-state index in [0.717, 1.165) is 31.2 Å². The average molecular weight is 465 g/mol. The molecule has 0 bridgehead atoms. The second-order valence-electron chi connectivity index (χ2n) is 7.63. The standard InChI is InChI=1S/C23H26Cl2N2O4/c1-15-2-9-20(12-21(15)25)31-14-23(29)27-18-7-5-17(6-8-18)26-22(28)13-30-19-10-3-16(24)4-11-19/h2-4,9-12,17-18H,5-8,13-14H2,1H3,(H,26,28)(H,27,29). The van der Waals surface area contributed by atoms with Gasteiger partial charge >= 0.3 is 0 Å². The van der Waals surface area contributed by atoms with Crippen LogP contribution in [-0.2, 0) is 9.59 Å². The molecule has 2 amide bonds. The zero-order valence-electron chi connectivity index (χ0n) is 17.3. The van der Waals surface area contributed by atoms with Crippen LogP contribution < -0.4 is 20.1 Å². The fourth-order valence-electron chi connectivity index (χ4n) is 3.41. The van der Waals surface area contributed by atoms with Crippen molar-refractivity contribution < 1.29 is 19.1 Å². The van der Waals surface area contributed by atoms with E-state index in [1.54, 1.807) is 36.4 Å². The van der Waals surface area contributed by atoms with Gasteiger partial charge in [-0.3, -0.25) is 9.59 Å². The van der Waals surface area contributed by atoms with Gasteiger partial charge < -0.3 is 20.1 Å². The minimum Gasteiger partial charge on any atom is -0.484 e. The maximum Gasteiger partial charge on any atom is 0.258 e. The lowest BCUT2D eigenvalue weighted by atomic mass is 9.91. The van der Waals surface area contributed by atoms with Crippen LogP contribution in [0.15, 0.2) is 42.5 Å². The molecule has 1 fully saturated rings. The molecule has 2 aromatic carbocycles. The van der Waals surface area contributed by atoms with Crippen molar-refractivity contribution in [3.63, 3.8) is 0 Å². The summed E-state index contributed by atoms with van der Waals surface area (Å²) < 4.78 is 11.0. The van der Waals surface area contributed by atoms with E-state index in [1.165, 1.54) is 0 Å². The third-order valence-electron chi connectivity index (χ3n) is 5.15. The number of halogens is 2. The number of amides is 2. The third-order valence-corrected chi connectivity index (χ3v) is 5.81. The first-order valence-corrected chi connectivity index (χ1v) is 11.0. The summed E-state index contributed by atoms with van der Waals surface area (Å²) in [4.78, 5) is 24.3. The van der Waals surface area contributed by atoms with Gasteiger partial charge in [-0.15, -0.1) is 0 Å². The van der Waals surface area contributed by atoms with E-state index in [4.69, 9.17) is 32.7 Å². The molecule has 0 unspecified atom stereocenters. The molecule has 0 aromatic heterocycles. The van der Waals surface area contributed by atoms with Crippen molar-refractivity contribution in [1.29, 1.82) is 0 Å². The molecule has 0 heterocycles. The molecular formula is C23H26Cl2N2O4. The van der Waals surface area contributed by atoms with Crippen LogP contribution in [0.25, 0.3) is 0 Å². The van der Waals surface area contributed by atoms with Gasteiger partial charge in [0.2, 0.25) is 0 Å². The fraction of sp³-hybridized carbons (Fsp3) is 0.391. The van der Waals surface area contributed by atoms with Gasteiger partial charge in [0.1, 0.15) is 11.5 Å².